The Balaban J connectivity index is 1.57. The van der Waals surface area contributed by atoms with Crippen molar-refractivity contribution < 1.29 is 5.11 Å². The highest BCUT2D eigenvalue weighted by molar-refractivity contribution is 5.14. The molecule has 0 aromatic rings. The molecule has 19 heavy (non-hydrogen) atoms. The van der Waals surface area contributed by atoms with E-state index in [1.165, 1.54) is 38.5 Å². The van der Waals surface area contributed by atoms with Crippen LogP contribution in [0.2, 0.25) is 0 Å². The van der Waals surface area contributed by atoms with Gasteiger partial charge in [-0.15, -0.1) is 0 Å². The number of allylic oxidation sites excluding steroid dienone is 2. The molecule has 0 spiro atoms. The maximum absolute atomic E-state index is 9.93. The summed E-state index contributed by atoms with van der Waals surface area (Å²) in [6.07, 6.45) is 15.6. The summed E-state index contributed by atoms with van der Waals surface area (Å²) < 4.78 is 0. The molecule has 0 aromatic heterocycles. The molecule has 106 valence electrons. The molecule has 1 nitrogen and oxygen atoms in total. The summed E-state index contributed by atoms with van der Waals surface area (Å²) in [7, 11) is 0. The third-order valence-electron chi connectivity index (χ3n) is 7.25. The molecular formula is C18H28O. The SMILES string of the molecule is C[C@@]12C=CC[C@H]1[C@@H]1CCC3C[C@@H](O)CC[C@@H]3[C@H]1CC2. The average Bonchev–Trinajstić information content (AvgIpc) is 2.79. The van der Waals surface area contributed by atoms with E-state index >= 15 is 0 Å². The number of hydrogen-bond donors (Lipinski definition) is 1. The Morgan fingerprint density at radius 1 is 1.00 bits per heavy atom. The van der Waals surface area contributed by atoms with Gasteiger partial charge in [-0.2, -0.15) is 0 Å². The van der Waals surface area contributed by atoms with E-state index in [-0.39, 0.29) is 6.10 Å². The van der Waals surface area contributed by atoms with Gasteiger partial charge in [0.25, 0.3) is 0 Å². The second-order valence-electron chi connectivity index (χ2n) is 8.08. The molecule has 0 heterocycles. The molecule has 0 amide bonds. The second-order valence-corrected chi connectivity index (χ2v) is 8.08. The van der Waals surface area contributed by atoms with Gasteiger partial charge < -0.3 is 5.11 Å². The molecule has 1 N–H and O–H groups in total. The highest BCUT2D eigenvalue weighted by Gasteiger charge is 2.52. The summed E-state index contributed by atoms with van der Waals surface area (Å²) in [4.78, 5) is 0. The van der Waals surface area contributed by atoms with Crippen LogP contribution < -0.4 is 0 Å². The summed E-state index contributed by atoms with van der Waals surface area (Å²) in [5.41, 5.74) is 0.530. The summed E-state index contributed by atoms with van der Waals surface area (Å²) in [6, 6.07) is 0. The lowest BCUT2D eigenvalue weighted by atomic mass is 9.50. The lowest BCUT2D eigenvalue weighted by molar-refractivity contribution is -0.0607. The molecule has 0 aliphatic heterocycles. The van der Waals surface area contributed by atoms with Crippen LogP contribution in [0.3, 0.4) is 0 Å². The van der Waals surface area contributed by atoms with E-state index in [4.69, 9.17) is 0 Å². The Labute approximate surface area is 117 Å². The van der Waals surface area contributed by atoms with Crippen LogP contribution in [-0.2, 0) is 0 Å². The van der Waals surface area contributed by atoms with Crippen molar-refractivity contribution in [3.63, 3.8) is 0 Å². The lowest BCUT2D eigenvalue weighted by Crippen LogP contribution is -2.47. The van der Waals surface area contributed by atoms with Crippen molar-refractivity contribution in [1.29, 1.82) is 0 Å². The first-order chi connectivity index (χ1) is 9.17. The molecule has 3 fully saturated rings. The van der Waals surface area contributed by atoms with Gasteiger partial charge in [0, 0.05) is 0 Å². The molecule has 0 aromatic carbocycles. The fourth-order valence-corrected chi connectivity index (χ4v) is 6.31. The van der Waals surface area contributed by atoms with Crippen LogP contribution in [0.15, 0.2) is 12.2 Å². The topological polar surface area (TPSA) is 20.2 Å². The van der Waals surface area contributed by atoms with Gasteiger partial charge in [-0.3, -0.25) is 0 Å². The maximum Gasteiger partial charge on any atom is 0.0543 e. The van der Waals surface area contributed by atoms with Crippen molar-refractivity contribution in [1.82, 2.24) is 0 Å². The number of aliphatic hydroxyl groups excluding tert-OH is 1. The van der Waals surface area contributed by atoms with Crippen LogP contribution >= 0.6 is 0 Å². The number of rotatable bonds is 0. The molecule has 3 saturated carbocycles. The van der Waals surface area contributed by atoms with Crippen molar-refractivity contribution in [3.05, 3.63) is 12.2 Å². The fraction of sp³-hybridized carbons (Fsp3) is 0.889. The Kier molecular flexibility index (Phi) is 2.85. The predicted molar refractivity (Wildman–Crippen MR) is 77.6 cm³/mol. The van der Waals surface area contributed by atoms with E-state index in [1.807, 2.05) is 0 Å². The Hall–Kier alpha value is -0.300. The van der Waals surface area contributed by atoms with Crippen LogP contribution in [0.25, 0.3) is 0 Å². The van der Waals surface area contributed by atoms with Crippen molar-refractivity contribution >= 4 is 0 Å². The predicted octanol–water partition coefficient (Wildman–Crippen LogP) is 4.17. The van der Waals surface area contributed by atoms with Crippen LogP contribution in [0.1, 0.15) is 58.3 Å². The second kappa shape index (κ2) is 4.35. The van der Waals surface area contributed by atoms with Crippen LogP contribution in [0.5, 0.6) is 0 Å². The van der Waals surface area contributed by atoms with Gasteiger partial charge in [0.2, 0.25) is 0 Å². The molecule has 0 radical (unpaired) electrons. The van der Waals surface area contributed by atoms with E-state index in [1.54, 1.807) is 0 Å². The van der Waals surface area contributed by atoms with Crippen molar-refractivity contribution in [2.24, 2.45) is 35.0 Å². The van der Waals surface area contributed by atoms with Gasteiger partial charge in [-0.25, -0.2) is 0 Å². The summed E-state index contributed by atoms with van der Waals surface area (Å²) in [6.45, 7) is 2.51. The van der Waals surface area contributed by atoms with E-state index in [9.17, 15) is 5.11 Å². The van der Waals surface area contributed by atoms with Gasteiger partial charge in [0.15, 0.2) is 0 Å². The smallest absolute Gasteiger partial charge is 0.0543 e. The number of aliphatic hydroxyl groups is 1. The summed E-state index contributed by atoms with van der Waals surface area (Å²) in [5, 5.41) is 9.93. The van der Waals surface area contributed by atoms with Gasteiger partial charge in [0.1, 0.15) is 0 Å². The van der Waals surface area contributed by atoms with Gasteiger partial charge in [-0.1, -0.05) is 19.1 Å². The molecule has 7 atom stereocenters. The molecule has 1 heteroatoms. The van der Waals surface area contributed by atoms with Gasteiger partial charge >= 0.3 is 0 Å². The minimum atomic E-state index is 0.0137. The van der Waals surface area contributed by atoms with Crippen molar-refractivity contribution in [3.8, 4) is 0 Å². The first-order valence-corrected chi connectivity index (χ1v) is 8.53. The normalized spacial score (nSPS) is 56.3. The highest BCUT2D eigenvalue weighted by Crippen LogP contribution is 2.60. The van der Waals surface area contributed by atoms with E-state index in [0.29, 0.717) is 5.41 Å². The zero-order chi connectivity index (χ0) is 13.0. The Bertz CT molecular complexity index is 387. The van der Waals surface area contributed by atoms with E-state index < -0.39 is 0 Å². The third-order valence-corrected chi connectivity index (χ3v) is 7.25. The van der Waals surface area contributed by atoms with Crippen molar-refractivity contribution in [2.75, 3.05) is 0 Å². The lowest BCUT2D eigenvalue weighted by Gasteiger charge is -2.55. The average molecular weight is 260 g/mol. The highest BCUT2D eigenvalue weighted by atomic mass is 16.3. The van der Waals surface area contributed by atoms with Gasteiger partial charge in [0.05, 0.1) is 6.10 Å². The number of hydrogen-bond acceptors (Lipinski definition) is 1. The largest absolute Gasteiger partial charge is 0.393 e. The molecule has 4 rings (SSSR count). The fourth-order valence-electron chi connectivity index (χ4n) is 6.31. The molecule has 0 saturated heterocycles. The Morgan fingerprint density at radius 3 is 2.74 bits per heavy atom. The molecule has 4 aliphatic rings. The minimum absolute atomic E-state index is 0.0137. The maximum atomic E-state index is 9.93. The van der Waals surface area contributed by atoms with Crippen LogP contribution in [-0.4, -0.2) is 11.2 Å². The molecular weight excluding hydrogens is 232 g/mol. The number of fused-ring (bicyclic) bond motifs is 5. The van der Waals surface area contributed by atoms with E-state index in [2.05, 4.69) is 19.1 Å². The zero-order valence-corrected chi connectivity index (χ0v) is 12.2. The summed E-state index contributed by atoms with van der Waals surface area (Å²) in [5.74, 6) is 4.73. The standard InChI is InChI=1S/C18H28O/c1-18-9-2-3-17(18)16-6-4-12-11-13(19)5-7-14(12)15(16)8-10-18/h2,9,12-17,19H,3-8,10-11H2,1H3/t12?,13-,14-,15+,16+,17-,18-/m0/s1. The molecule has 4 aliphatic carbocycles. The third kappa shape index (κ3) is 1.84. The van der Waals surface area contributed by atoms with E-state index in [0.717, 1.165) is 42.4 Å². The monoisotopic (exact) mass is 260 g/mol. The van der Waals surface area contributed by atoms with Gasteiger partial charge in [-0.05, 0) is 86.4 Å². The zero-order valence-electron chi connectivity index (χ0n) is 12.2. The first-order valence-electron chi connectivity index (χ1n) is 8.53. The van der Waals surface area contributed by atoms with Crippen LogP contribution in [0, 0.1) is 35.0 Å². The minimum Gasteiger partial charge on any atom is -0.393 e. The first kappa shape index (κ1) is 12.4. The Morgan fingerprint density at radius 2 is 1.84 bits per heavy atom. The summed E-state index contributed by atoms with van der Waals surface area (Å²) >= 11 is 0. The molecule has 1 unspecified atom stereocenters. The van der Waals surface area contributed by atoms with Crippen LogP contribution in [0.4, 0.5) is 0 Å². The van der Waals surface area contributed by atoms with Crippen molar-refractivity contribution in [2.45, 2.75) is 64.4 Å². The molecule has 0 bridgehead atoms. The quantitative estimate of drug-likeness (QED) is 0.648.